The van der Waals surface area contributed by atoms with Crippen molar-refractivity contribution in [3.05, 3.63) is 56.5 Å². The zero-order valence-corrected chi connectivity index (χ0v) is 21.7. The molecule has 1 aliphatic rings. The Morgan fingerprint density at radius 1 is 1.15 bits per heavy atom. The number of sulfone groups is 1. The summed E-state index contributed by atoms with van der Waals surface area (Å²) in [4.78, 5) is 27.7. The summed E-state index contributed by atoms with van der Waals surface area (Å²) in [5.41, 5.74) is 8.04. The number of nitrogens with zero attached hydrogens (tertiary/aromatic N) is 2. The second kappa shape index (κ2) is 10.9. The highest BCUT2D eigenvalue weighted by atomic mass is 79.9. The molecule has 0 unspecified atom stereocenters. The number of piperazine rings is 1. The topological polar surface area (TPSA) is 133 Å². The third kappa shape index (κ3) is 6.21. The molecule has 0 aromatic heterocycles. The summed E-state index contributed by atoms with van der Waals surface area (Å²) in [6.45, 7) is 3.90. The van der Waals surface area contributed by atoms with Crippen molar-refractivity contribution in [2.24, 2.45) is 0 Å². The lowest BCUT2D eigenvalue weighted by Crippen LogP contribution is -2.47. The van der Waals surface area contributed by atoms with Crippen LogP contribution in [0.1, 0.15) is 28.4 Å². The molecule has 34 heavy (non-hydrogen) atoms. The quantitative estimate of drug-likeness (QED) is 0.433. The van der Waals surface area contributed by atoms with E-state index in [1.165, 1.54) is 23.1 Å². The first-order chi connectivity index (χ1) is 16.0. The molecule has 1 saturated heterocycles. The number of nitrogen functional groups attached to an aromatic ring is 1. The van der Waals surface area contributed by atoms with E-state index >= 15 is 0 Å². The molecular formula is C22H26BrClN4O5S. The van der Waals surface area contributed by atoms with Gasteiger partial charge < -0.3 is 21.1 Å². The summed E-state index contributed by atoms with van der Waals surface area (Å²) in [6, 6.07) is 7.91. The number of hydrogen-bond acceptors (Lipinski definition) is 6. The number of amides is 2. The van der Waals surface area contributed by atoms with Crippen molar-refractivity contribution >= 4 is 55.1 Å². The number of rotatable bonds is 7. The molecule has 0 atom stereocenters. The van der Waals surface area contributed by atoms with Gasteiger partial charge >= 0.3 is 6.09 Å². The summed E-state index contributed by atoms with van der Waals surface area (Å²) in [6.07, 6.45) is -0.935. The molecule has 0 aliphatic carbocycles. The second-order valence-electron chi connectivity index (χ2n) is 7.91. The van der Waals surface area contributed by atoms with E-state index in [9.17, 15) is 18.0 Å². The van der Waals surface area contributed by atoms with Crippen molar-refractivity contribution in [2.45, 2.75) is 24.9 Å². The fraction of sp³-hybridized carbons (Fsp3) is 0.364. The number of anilines is 1. The number of hydrogen-bond donors (Lipinski definition) is 3. The van der Waals surface area contributed by atoms with Gasteiger partial charge in [0.15, 0.2) is 9.84 Å². The molecule has 12 heteroatoms. The van der Waals surface area contributed by atoms with Crippen LogP contribution in [-0.2, 0) is 22.9 Å². The van der Waals surface area contributed by atoms with Gasteiger partial charge in [-0.1, -0.05) is 34.5 Å². The summed E-state index contributed by atoms with van der Waals surface area (Å²) >= 11 is 9.48. The van der Waals surface area contributed by atoms with Gasteiger partial charge in [-0.15, -0.1) is 0 Å². The normalized spacial score (nSPS) is 14.7. The molecule has 184 valence electrons. The molecule has 0 saturated carbocycles. The first kappa shape index (κ1) is 26.3. The van der Waals surface area contributed by atoms with Crippen LogP contribution in [0.3, 0.4) is 0 Å². The molecule has 4 N–H and O–H groups in total. The van der Waals surface area contributed by atoms with E-state index in [0.717, 1.165) is 5.56 Å². The molecule has 3 rings (SSSR count). The second-order valence-corrected chi connectivity index (χ2v) is 11.5. The Hall–Kier alpha value is -2.34. The van der Waals surface area contributed by atoms with E-state index in [0.29, 0.717) is 53.5 Å². The van der Waals surface area contributed by atoms with E-state index in [4.69, 9.17) is 22.4 Å². The Balaban J connectivity index is 1.76. The fourth-order valence-corrected chi connectivity index (χ4v) is 5.56. The van der Waals surface area contributed by atoms with Crippen LogP contribution >= 0.6 is 27.5 Å². The molecular weight excluding hydrogens is 548 g/mol. The standard InChI is InChI=1S/C22H26BrClN4O5S/c1-2-34(32,33)19-4-3-17(24)10-14(19)12-26-21(29)18-11-16(23)9-15(20(18)25)13-27-5-7-28(8-6-27)22(30)31/h3-4,9-11H,2,5-8,12-13,25H2,1H3,(H,26,29)(H,30,31). The number of carbonyl (C=O) groups is 2. The monoisotopic (exact) mass is 572 g/mol. The Morgan fingerprint density at radius 2 is 1.82 bits per heavy atom. The van der Waals surface area contributed by atoms with Crippen molar-refractivity contribution in [2.75, 3.05) is 37.7 Å². The Labute approximate surface area is 211 Å². The predicted molar refractivity (Wildman–Crippen MR) is 134 cm³/mol. The van der Waals surface area contributed by atoms with Crippen LogP contribution in [0.25, 0.3) is 0 Å². The zero-order chi connectivity index (χ0) is 25.0. The molecule has 2 aromatic rings. The predicted octanol–water partition coefficient (Wildman–Crippen LogP) is 3.20. The minimum atomic E-state index is -3.49. The lowest BCUT2D eigenvalue weighted by atomic mass is 10.1. The summed E-state index contributed by atoms with van der Waals surface area (Å²) in [5, 5.41) is 12.2. The highest BCUT2D eigenvalue weighted by Gasteiger charge is 2.23. The molecule has 9 nitrogen and oxygen atoms in total. The van der Waals surface area contributed by atoms with Gasteiger partial charge in [0, 0.05) is 54.5 Å². The first-order valence-corrected chi connectivity index (χ1v) is 13.4. The average molecular weight is 574 g/mol. The third-order valence-electron chi connectivity index (χ3n) is 5.69. The van der Waals surface area contributed by atoms with Gasteiger partial charge in [0.1, 0.15) is 0 Å². The third-order valence-corrected chi connectivity index (χ3v) is 8.21. The van der Waals surface area contributed by atoms with Crippen molar-refractivity contribution in [1.29, 1.82) is 0 Å². The van der Waals surface area contributed by atoms with Crippen LogP contribution in [0, 0.1) is 0 Å². The fourth-order valence-electron chi connectivity index (χ4n) is 3.75. The van der Waals surface area contributed by atoms with E-state index in [1.54, 1.807) is 13.0 Å². The SMILES string of the molecule is CCS(=O)(=O)c1ccc(Cl)cc1CNC(=O)c1cc(Br)cc(CN2CCN(C(=O)O)CC2)c1N. The summed E-state index contributed by atoms with van der Waals surface area (Å²) in [5.74, 6) is -0.520. The Kier molecular flexibility index (Phi) is 8.45. The largest absolute Gasteiger partial charge is 0.465 e. The van der Waals surface area contributed by atoms with Gasteiger partial charge in [0.25, 0.3) is 5.91 Å². The van der Waals surface area contributed by atoms with Crippen molar-refractivity contribution < 1.29 is 23.1 Å². The Bertz CT molecular complexity index is 1200. The van der Waals surface area contributed by atoms with Gasteiger partial charge in [0.2, 0.25) is 0 Å². The maximum Gasteiger partial charge on any atom is 0.407 e. The van der Waals surface area contributed by atoms with E-state index in [1.807, 2.05) is 6.07 Å². The van der Waals surface area contributed by atoms with Crippen LogP contribution in [0.15, 0.2) is 39.7 Å². The van der Waals surface area contributed by atoms with E-state index < -0.39 is 21.8 Å². The van der Waals surface area contributed by atoms with Crippen molar-refractivity contribution in [3.8, 4) is 0 Å². The molecule has 1 fully saturated rings. The number of nitrogens with one attached hydrogen (secondary N) is 1. The van der Waals surface area contributed by atoms with Crippen LogP contribution in [-0.4, -0.2) is 67.3 Å². The van der Waals surface area contributed by atoms with Gasteiger partial charge in [-0.25, -0.2) is 13.2 Å². The number of carboxylic acid groups (broad SMARTS) is 1. The molecule has 2 amide bonds. The summed E-state index contributed by atoms with van der Waals surface area (Å²) in [7, 11) is -3.49. The van der Waals surface area contributed by atoms with Crippen molar-refractivity contribution in [1.82, 2.24) is 15.1 Å². The molecule has 2 aromatic carbocycles. The number of halogens is 2. The van der Waals surface area contributed by atoms with E-state index in [-0.39, 0.29) is 22.8 Å². The van der Waals surface area contributed by atoms with Crippen LogP contribution in [0.4, 0.5) is 10.5 Å². The first-order valence-electron chi connectivity index (χ1n) is 10.6. The lowest BCUT2D eigenvalue weighted by Gasteiger charge is -2.33. The van der Waals surface area contributed by atoms with Gasteiger partial charge in [-0.3, -0.25) is 9.69 Å². The number of carbonyl (C=O) groups excluding carboxylic acids is 1. The maximum atomic E-state index is 13.0. The maximum absolute atomic E-state index is 13.0. The van der Waals surface area contributed by atoms with Gasteiger partial charge in [-0.05, 0) is 41.5 Å². The molecule has 0 bridgehead atoms. The van der Waals surface area contributed by atoms with Crippen molar-refractivity contribution in [3.63, 3.8) is 0 Å². The van der Waals surface area contributed by atoms with Gasteiger partial charge in [0.05, 0.1) is 16.2 Å². The highest BCUT2D eigenvalue weighted by molar-refractivity contribution is 9.10. The zero-order valence-electron chi connectivity index (χ0n) is 18.6. The highest BCUT2D eigenvalue weighted by Crippen LogP contribution is 2.26. The molecule has 1 heterocycles. The van der Waals surface area contributed by atoms with Crippen LogP contribution < -0.4 is 11.1 Å². The minimum Gasteiger partial charge on any atom is -0.465 e. The smallest absolute Gasteiger partial charge is 0.407 e. The Morgan fingerprint density at radius 3 is 2.44 bits per heavy atom. The average Bonchev–Trinajstić information content (AvgIpc) is 2.79. The molecule has 1 aliphatic heterocycles. The minimum absolute atomic E-state index is 0.0353. The van der Waals surface area contributed by atoms with Gasteiger partial charge in [-0.2, -0.15) is 0 Å². The van der Waals surface area contributed by atoms with E-state index in [2.05, 4.69) is 26.1 Å². The lowest BCUT2D eigenvalue weighted by molar-refractivity contribution is 0.0949. The molecule has 0 radical (unpaired) electrons. The number of nitrogens with two attached hydrogens (primary N) is 1. The van der Waals surface area contributed by atoms with Crippen LogP contribution in [0.5, 0.6) is 0 Å². The van der Waals surface area contributed by atoms with Crippen LogP contribution in [0.2, 0.25) is 5.02 Å². The molecule has 0 spiro atoms. The summed E-state index contributed by atoms with van der Waals surface area (Å²) < 4.78 is 25.5. The number of benzene rings is 2.